The van der Waals surface area contributed by atoms with Crippen molar-refractivity contribution in [2.24, 2.45) is 0 Å². The van der Waals surface area contributed by atoms with Gasteiger partial charge < -0.3 is 5.32 Å². The van der Waals surface area contributed by atoms with E-state index in [1.807, 2.05) is 18.2 Å². The van der Waals surface area contributed by atoms with Gasteiger partial charge in [0.1, 0.15) is 0 Å². The molecule has 1 nitrogen and oxygen atoms in total. The third-order valence-corrected chi connectivity index (χ3v) is 5.09. The van der Waals surface area contributed by atoms with Crippen molar-refractivity contribution in [3.05, 3.63) is 54.6 Å². The molecule has 2 aromatic rings. The zero-order valence-electron chi connectivity index (χ0n) is 11.1. The highest BCUT2D eigenvalue weighted by Gasteiger charge is 2.16. The zero-order chi connectivity index (χ0) is 14.5. The van der Waals surface area contributed by atoms with Gasteiger partial charge >= 0.3 is 0 Å². The predicted octanol–water partition coefficient (Wildman–Crippen LogP) is 6.10. The molecular formula is C15H16BrCl2NS. The van der Waals surface area contributed by atoms with E-state index in [4.69, 9.17) is 23.2 Å². The molecule has 0 saturated heterocycles. The maximum absolute atomic E-state index is 6.38. The predicted molar refractivity (Wildman–Crippen MR) is 93.2 cm³/mol. The molecular weight excluding hydrogens is 377 g/mol. The molecule has 0 aliphatic heterocycles. The molecule has 0 radical (unpaired) electrons. The fourth-order valence-corrected chi connectivity index (χ4v) is 4.00. The van der Waals surface area contributed by atoms with Crippen molar-refractivity contribution in [1.82, 2.24) is 5.32 Å². The normalized spacial score (nSPS) is 12.6. The quantitative estimate of drug-likeness (QED) is 0.625. The van der Waals surface area contributed by atoms with E-state index in [1.54, 1.807) is 11.3 Å². The van der Waals surface area contributed by atoms with Gasteiger partial charge in [0.15, 0.2) is 0 Å². The van der Waals surface area contributed by atoms with Gasteiger partial charge in [-0.25, -0.2) is 0 Å². The lowest BCUT2D eigenvalue weighted by Gasteiger charge is -2.20. The van der Waals surface area contributed by atoms with Gasteiger partial charge in [0.05, 0.1) is 4.34 Å². The smallest absolute Gasteiger partial charge is 0.0931 e. The lowest BCUT2D eigenvalue weighted by Crippen LogP contribution is -2.24. The number of halogens is 3. The lowest BCUT2D eigenvalue weighted by atomic mass is 10.0. The topological polar surface area (TPSA) is 12.0 Å². The summed E-state index contributed by atoms with van der Waals surface area (Å²) in [6.45, 7) is 3.13. The Kier molecular flexibility index (Phi) is 6.37. The van der Waals surface area contributed by atoms with Crippen molar-refractivity contribution in [1.29, 1.82) is 0 Å². The maximum atomic E-state index is 6.38. The first-order valence-electron chi connectivity index (χ1n) is 6.52. The van der Waals surface area contributed by atoms with Crippen LogP contribution in [-0.2, 0) is 6.42 Å². The van der Waals surface area contributed by atoms with E-state index >= 15 is 0 Å². The van der Waals surface area contributed by atoms with Crippen molar-refractivity contribution in [2.75, 3.05) is 6.54 Å². The number of nitrogens with one attached hydrogen (secondary N) is 1. The van der Waals surface area contributed by atoms with Crippen molar-refractivity contribution < 1.29 is 0 Å². The molecule has 20 heavy (non-hydrogen) atoms. The molecule has 1 atom stereocenters. The molecule has 108 valence electrons. The minimum Gasteiger partial charge on any atom is -0.310 e. The Morgan fingerprint density at radius 2 is 2.05 bits per heavy atom. The Morgan fingerprint density at radius 3 is 2.65 bits per heavy atom. The summed E-state index contributed by atoms with van der Waals surface area (Å²) < 4.78 is 1.83. The fourth-order valence-electron chi connectivity index (χ4n) is 2.06. The highest BCUT2D eigenvalue weighted by Crippen LogP contribution is 2.31. The average Bonchev–Trinajstić information content (AvgIpc) is 2.80. The van der Waals surface area contributed by atoms with Crippen LogP contribution in [0.4, 0.5) is 0 Å². The number of benzene rings is 1. The number of hydrogen-bond acceptors (Lipinski definition) is 2. The first-order valence-corrected chi connectivity index (χ1v) is 8.89. The summed E-state index contributed by atoms with van der Waals surface area (Å²) in [7, 11) is 0. The second-order valence-electron chi connectivity index (χ2n) is 4.58. The summed E-state index contributed by atoms with van der Waals surface area (Å²) in [4.78, 5) is 1.27. The van der Waals surface area contributed by atoms with Crippen LogP contribution in [0.15, 0.2) is 34.8 Å². The van der Waals surface area contributed by atoms with Crippen LogP contribution in [0, 0.1) is 0 Å². The second-order valence-corrected chi connectivity index (χ2v) is 7.70. The van der Waals surface area contributed by atoms with E-state index in [0.717, 1.165) is 38.8 Å². The van der Waals surface area contributed by atoms with Gasteiger partial charge in [0, 0.05) is 26.8 Å². The van der Waals surface area contributed by atoms with Crippen LogP contribution in [-0.4, -0.2) is 6.54 Å². The summed E-state index contributed by atoms with van der Waals surface area (Å²) in [5.41, 5.74) is 1.13. The molecule has 1 unspecified atom stereocenters. The molecule has 5 heteroatoms. The molecule has 0 spiro atoms. The van der Waals surface area contributed by atoms with Crippen LogP contribution in [0.3, 0.4) is 0 Å². The van der Waals surface area contributed by atoms with E-state index in [2.05, 4.69) is 40.3 Å². The van der Waals surface area contributed by atoms with E-state index in [9.17, 15) is 0 Å². The van der Waals surface area contributed by atoms with Gasteiger partial charge in [-0.2, -0.15) is 0 Å². The Hall–Kier alpha value is -0.0600. The van der Waals surface area contributed by atoms with Crippen LogP contribution >= 0.6 is 50.5 Å². The molecule has 0 fully saturated rings. The highest BCUT2D eigenvalue weighted by molar-refractivity contribution is 9.10. The monoisotopic (exact) mass is 391 g/mol. The third-order valence-electron chi connectivity index (χ3n) is 3.01. The van der Waals surface area contributed by atoms with Gasteiger partial charge in [0.25, 0.3) is 0 Å². The largest absolute Gasteiger partial charge is 0.310 e. The molecule has 1 heterocycles. The van der Waals surface area contributed by atoms with E-state index in [1.165, 1.54) is 4.88 Å². The van der Waals surface area contributed by atoms with Crippen molar-refractivity contribution >= 4 is 50.5 Å². The molecule has 1 N–H and O–H groups in total. The zero-order valence-corrected chi connectivity index (χ0v) is 15.0. The number of hydrogen-bond donors (Lipinski definition) is 1. The Bertz CT molecular complexity index is 571. The first kappa shape index (κ1) is 16.3. The summed E-state index contributed by atoms with van der Waals surface area (Å²) >= 11 is 17.5. The molecule has 0 aliphatic rings. The second kappa shape index (κ2) is 7.81. The maximum Gasteiger partial charge on any atom is 0.0931 e. The summed E-state index contributed by atoms with van der Waals surface area (Å²) in [5, 5.41) is 4.36. The molecule has 0 bridgehead atoms. The number of thiophene rings is 1. The number of rotatable bonds is 6. The molecule has 2 rings (SSSR count). The van der Waals surface area contributed by atoms with Crippen molar-refractivity contribution in [3.63, 3.8) is 0 Å². The lowest BCUT2D eigenvalue weighted by molar-refractivity contribution is 0.532. The molecule has 0 aliphatic carbocycles. The highest BCUT2D eigenvalue weighted by atomic mass is 79.9. The molecule has 0 saturated carbocycles. The van der Waals surface area contributed by atoms with Gasteiger partial charge in [-0.05, 0) is 42.8 Å². The summed E-state index contributed by atoms with van der Waals surface area (Å²) in [5.74, 6) is 0. The molecule has 0 amide bonds. The van der Waals surface area contributed by atoms with Crippen LogP contribution < -0.4 is 5.32 Å². The minimum absolute atomic E-state index is 0.213. The standard InChI is InChI=1S/C15H16BrCl2NS/c1-2-7-19-14(9-11-4-6-15(18)20-11)12-5-3-10(16)8-13(12)17/h3-6,8,14,19H,2,7,9H2,1H3. The minimum atomic E-state index is 0.213. The first-order chi connectivity index (χ1) is 9.60. The van der Waals surface area contributed by atoms with Crippen LogP contribution in [0.25, 0.3) is 0 Å². The van der Waals surface area contributed by atoms with Gasteiger partial charge in [-0.1, -0.05) is 52.1 Å². The summed E-state index contributed by atoms with van der Waals surface area (Å²) in [6, 6.07) is 10.3. The van der Waals surface area contributed by atoms with E-state index in [0.29, 0.717) is 0 Å². The van der Waals surface area contributed by atoms with Gasteiger partial charge in [-0.15, -0.1) is 11.3 Å². The van der Waals surface area contributed by atoms with Gasteiger partial charge in [0.2, 0.25) is 0 Å². The Morgan fingerprint density at radius 1 is 1.25 bits per heavy atom. The summed E-state index contributed by atoms with van der Waals surface area (Å²) in [6.07, 6.45) is 1.99. The van der Waals surface area contributed by atoms with Crippen molar-refractivity contribution in [2.45, 2.75) is 25.8 Å². The molecule has 1 aromatic heterocycles. The van der Waals surface area contributed by atoms with Crippen LogP contribution in [0.2, 0.25) is 9.36 Å². The third kappa shape index (κ3) is 4.47. The molecule has 1 aromatic carbocycles. The van der Waals surface area contributed by atoms with E-state index < -0.39 is 0 Å². The Labute approximate surface area is 142 Å². The van der Waals surface area contributed by atoms with E-state index in [-0.39, 0.29) is 6.04 Å². The average molecular weight is 393 g/mol. The SMILES string of the molecule is CCCNC(Cc1ccc(Cl)s1)c1ccc(Br)cc1Cl. The van der Waals surface area contributed by atoms with Crippen LogP contribution in [0.5, 0.6) is 0 Å². The van der Waals surface area contributed by atoms with Crippen LogP contribution in [0.1, 0.15) is 29.8 Å². The Balaban J connectivity index is 2.22. The fraction of sp³-hybridized carbons (Fsp3) is 0.333. The van der Waals surface area contributed by atoms with Gasteiger partial charge in [-0.3, -0.25) is 0 Å². The van der Waals surface area contributed by atoms with Crippen molar-refractivity contribution in [3.8, 4) is 0 Å².